The van der Waals surface area contributed by atoms with Gasteiger partial charge in [0.1, 0.15) is 4.60 Å². The van der Waals surface area contributed by atoms with E-state index in [2.05, 4.69) is 31.0 Å². The highest BCUT2D eigenvalue weighted by atomic mass is 79.9. The molecule has 4 nitrogen and oxygen atoms in total. The molecular formula is C6H2BrF3N4. The second kappa shape index (κ2) is 2.91. The minimum absolute atomic E-state index is 0.0560. The summed E-state index contributed by atoms with van der Waals surface area (Å²) < 4.78 is 37.9. The van der Waals surface area contributed by atoms with E-state index in [9.17, 15) is 13.2 Å². The maximum absolute atomic E-state index is 12.2. The summed E-state index contributed by atoms with van der Waals surface area (Å²) in [5.41, 5.74) is 0.0560. The summed E-state index contributed by atoms with van der Waals surface area (Å²) in [6.07, 6.45) is -2.03. The van der Waals surface area contributed by atoms with Crippen molar-refractivity contribution in [2.24, 2.45) is 0 Å². The van der Waals surface area contributed by atoms with Gasteiger partial charge in [-0.2, -0.15) is 13.2 Å². The van der Waals surface area contributed by atoms with Crippen LogP contribution in [0.15, 0.2) is 17.0 Å². The highest BCUT2D eigenvalue weighted by Crippen LogP contribution is 2.26. The summed E-state index contributed by atoms with van der Waals surface area (Å²) >= 11 is 3.01. The minimum Gasteiger partial charge on any atom is -0.244 e. The van der Waals surface area contributed by atoms with Crippen molar-refractivity contribution in [2.75, 3.05) is 0 Å². The van der Waals surface area contributed by atoms with E-state index in [0.717, 1.165) is 4.52 Å². The number of hydrogen-bond acceptors (Lipinski definition) is 3. The molecule has 74 valence electrons. The third-order valence-electron chi connectivity index (χ3n) is 1.44. The summed E-state index contributed by atoms with van der Waals surface area (Å²) in [5.74, 6) is -1.17. The molecule has 14 heavy (non-hydrogen) atoms. The van der Waals surface area contributed by atoms with Gasteiger partial charge in [0.15, 0.2) is 5.65 Å². The molecule has 0 atom stereocenters. The van der Waals surface area contributed by atoms with Crippen molar-refractivity contribution in [3.63, 3.8) is 0 Å². The van der Waals surface area contributed by atoms with Crippen LogP contribution < -0.4 is 0 Å². The van der Waals surface area contributed by atoms with E-state index in [-0.39, 0.29) is 5.65 Å². The molecule has 0 aromatic carbocycles. The topological polar surface area (TPSA) is 43.1 Å². The van der Waals surface area contributed by atoms with Gasteiger partial charge in [0.05, 0.1) is 12.4 Å². The molecule has 0 radical (unpaired) electrons. The SMILES string of the molecule is FC(F)(F)c1nc2cnc(Br)cn2n1. The van der Waals surface area contributed by atoms with E-state index in [1.165, 1.54) is 12.4 Å². The molecule has 2 aromatic rings. The van der Waals surface area contributed by atoms with Gasteiger partial charge in [0, 0.05) is 0 Å². The van der Waals surface area contributed by atoms with Crippen LogP contribution in [-0.2, 0) is 6.18 Å². The molecule has 2 aromatic heterocycles. The third kappa shape index (κ3) is 1.57. The number of rotatable bonds is 0. The fraction of sp³-hybridized carbons (Fsp3) is 0.167. The van der Waals surface area contributed by atoms with E-state index in [0.29, 0.717) is 4.60 Å². The Morgan fingerprint density at radius 2 is 2.07 bits per heavy atom. The van der Waals surface area contributed by atoms with Gasteiger partial charge in [-0.05, 0) is 15.9 Å². The molecule has 0 aliphatic heterocycles. The Bertz CT molecular complexity index is 477. The second-order valence-corrected chi connectivity index (χ2v) is 3.26. The average Bonchev–Trinajstić information content (AvgIpc) is 2.45. The lowest BCUT2D eigenvalue weighted by molar-refractivity contribution is -0.144. The smallest absolute Gasteiger partial charge is 0.244 e. The molecule has 0 aliphatic rings. The molecule has 0 fully saturated rings. The zero-order chi connectivity index (χ0) is 10.3. The van der Waals surface area contributed by atoms with E-state index in [1.54, 1.807) is 0 Å². The fourth-order valence-electron chi connectivity index (χ4n) is 0.892. The average molecular weight is 267 g/mol. The van der Waals surface area contributed by atoms with Crippen LogP contribution >= 0.6 is 15.9 Å². The Morgan fingerprint density at radius 3 is 2.71 bits per heavy atom. The van der Waals surface area contributed by atoms with Crippen LogP contribution in [0.4, 0.5) is 13.2 Å². The summed E-state index contributed by atoms with van der Waals surface area (Å²) in [6, 6.07) is 0. The van der Waals surface area contributed by atoms with Gasteiger partial charge >= 0.3 is 6.18 Å². The number of aromatic nitrogens is 4. The molecule has 0 amide bonds. The van der Waals surface area contributed by atoms with Gasteiger partial charge < -0.3 is 0 Å². The van der Waals surface area contributed by atoms with Crippen LogP contribution in [0.1, 0.15) is 5.82 Å². The molecule has 0 unspecified atom stereocenters. The minimum atomic E-state index is -4.53. The Balaban J connectivity index is 2.63. The molecule has 0 saturated heterocycles. The maximum atomic E-state index is 12.2. The van der Waals surface area contributed by atoms with E-state index in [1.807, 2.05) is 0 Å². The number of nitrogens with zero attached hydrogens (tertiary/aromatic N) is 4. The van der Waals surface area contributed by atoms with Crippen molar-refractivity contribution in [3.05, 3.63) is 22.8 Å². The number of alkyl halides is 3. The lowest BCUT2D eigenvalue weighted by atomic mass is 10.6. The third-order valence-corrected chi connectivity index (χ3v) is 1.85. The molecule has 0 aliphatic carbocycles. The van der Waals surface area contributed by atoms with Crippen LogP contribution in [0.3, 0.4) is 0 Å². The first-order chi connectivity index (χ1) is 6.47. The van der Waals surface area contributed by atoms with Gasteiger partial charge in [-0.25, -0.2) is 14.5 Å². The first kappa shape index (κ1) is 9.38. The van der Waals surface area contributed by atoms with Crippen LogP contribution in [0, 0.1) is 0 Å². The summed E-state index contributed by atoms with van der Waals surface area (Å²) in [7, 11) is 0. The molecule has 0 bridgehead atoms. The van der Waals surface area contributed by atoms with Gasteiger partial charge in [0.2, 0.25) is 0 Å². The van der Waals surface area contributed by atoms with Crippen molar-refractivity contribution in [1.82, 2.24) is 19.6 Å². The molecule has 2 rings (SSSR count). The first-order valence-corrected chi connectivity index (χ1v) is 4.21. The predicted molar refractivity (Wildman–Crippen MR) is 43.5 cm³/mol. The molecule has 0 saturated carbocycles. The fourth-order valence-corrected chi connectivity index (χ4v) is 1.19. The highest BCUT2D eigenvalue weighted by Gasteiger charge is 2.36. The second-order valence-electron chi connectivity index (χ2n) is 2.45. The molecule has 8 heteroatoms. The number of fused-ring (bicyclic) bond motifs is 1. The Kier molecular flexibility index (Phi) is 1.95. The Morgan fingerprint density at radius 1 is 1.36 bits per heavy atom. The standard InChI is InChI=1S/C6H2BrF3N4/c7-3-2-14-4(1-11-3)12-5(13-14)6(8,9)10/h1-2H. The van der Waals surface area contributed by atoms with E-state index in [4.69, 9.17) is 0 Å². The van der Waals surface area contributed by atoms with Crippen LogP contribution in [0.25, 0.3) is 5.65 Å². The van der Waals surface area contributed by atoms with Crippen LogP contribution in [0.5, 0.6) is 0 Å². The summed E-state index contributed by atoms with van der Waals surface area (Å²) in [4.78, 5) is 7.00. The number of halogens is 4. The van der Waals surface area contributed by atoms with Gasteiger partial charge in [-0.15, -0.1) is 5.10 Å². The van der Waals surface area contributed by atoms with E-state index >= 15 is 0 Å². The van der Waals surface area contributed by atoms with Gasteiger partial charge in [0.25, 0.3) is 5.82 Å². The van der Waals surface area contributed by atoms with Crippen molar-refractivity contribution in [2.45, 2.75) is 6.18 Å². The molecule has 0 spiro atoms. The lowest BCUT2D eigenvalue weighted by Crippen LogP contribution is -2.07. The molecule has 0 N–H and O–H groups in total. The normalized spacial score (nSPS) is 12.3. The first-order valence-electron chi connectivity index (χ1n) is 3.42. The Hall–Kier alpha value is -1.18. The monoisotopic (exact) mass is 266 g/mol. The van der Waals surface area contributed by atoms with Crippen molar-refractivity contribution < 1.29 is 13.2 Å². The van der Waals surface area contributed by atoms with Crippen LogP contribution in [-0.4, -0.2) is 19.6 Å². The van der Waals surface area contributed by atoms with E-state index < -0.39 is 12.0 Å². The predicted octanol–water partition coefficient (Wildman–Crippen LogP) is 1.91. The quantitative estimate of drug-likeness (QED) is 0.732. The van der Waals surface area contributed by atoms with Crippen LogP contribution in [0.2, 0.25) is 0 Å². The summed E-state index contributed by atoms with van der Waals surface area (Å²) in [5, 5.41) is 3.26. The molecular weight excluding hydrogens is 265 g/mol. The van der Waals surface area contributed by atoms with Crippen molar-refractivity contribution >= 4 is 21.6 Å². The van der Waals surface area contributed by atoms with Gasteiger partial charge in [-0.1, -0.05) is 0 Å². The zero-order valence-electron chi connectivity index (χ0n) is 6.46. The van der Waals surface area contributed by atoms with Crippen molar-refractivity contribution in [1.29, 1.82) is 0 Å². The maximum Gasteiger partial charge on any atom is 0.453 e. The molecule has 2 heterocycles. The zero-order valence-corrected chi connectivity index (χ0v) is 8.04. The highest BCUT2D eigenvalue weighted by molar-refractivity contribution is 9.10. The Labute approximate surface area is 83.9 Å². The van der Waals surface area contributed by atoms with Gasteiger partial charge in [-0.3, -0.25) is 0 Å². The van der Waals surface area contributed by atoms with Crippen molar-refractivity contribution in [3.8, 4) is 0 Å². The lowest BCUT2D eigenvalue weighted by Gasteiger charge is -1.96. The largest absolute Gasteiger partial charge is 0.453 e. The summed E-state index contributed by atoms with van der Waals surface area (Å²) in [6.45, 7) is 0. The number of hydrogen-bond donors (Lipinski definition) is 0.